The first kappa shape index (κ1) is 71.1. The van der Waals surface area contributed by atoms with E-state index >= 15 is 0 Å². The molecule has 0 spiro atoms. The van der Waals surface area contributed by atoms with Crippen molar-refractivity contribution in [2.24, 2.45) is 0 Å². The SMILES string of the molecule is CC/C=C\C/C=C\C/C=C\C/C=C\C/C=C\CCCCCCCCCC(=O)OCC(COC(=O)CC/C=C\C/C=C\C/C=C\C/C=C\CC)OC(=O)CCCCCCCCCCCCCCCCCCCCCCC. The second kappa shape index (κ2) is 62.6. The molecule has 0 aliphatic rings. The van der Waals surface area contributed by atoms with Crippen LogP contribution in [0.15, 0.2) is 109 Å². The van der Waals surface area contributed by atoms with Gasteiger partial charge in [0.1, 0.15) is 13.2 Å². The number of esters is 3. The van der Waals surface area contributed by atoms with Crippen molar-refractivity contribution in [2.45, 2.75) is 297 Å². The lowest BCUT2D eigenvalue weighted by Gasteiger charge is -2.18. The standard InChI is InChI=1S/C69H116O6/c1-4-7-10-13-16-19-22-25-27-29-31-33-34-36-37-39-41-44-47-50-53-56-59-62-68(71)74-65-66(64-73-67(70)61-58-55-52-49-46-43-24-21-18-15-12-9-6-3)75-69(72)63-60-57-54-51-48-45-42-40-38-35-32-30-28-26-23-20-17-14-11-8-5-2/h7,9-10,12,16,18-19,21,25,27,31,33,36-37,43,46,52,55,66H,4-6,8,11,13-15,17,20,22-24,26,28-30,32,34-35,38-42,44-45,47-51,53-54,56-65H2,1-3H3/b10-7-,12-9-,19-16-,21-18-,27-25-,33-31-,37-36-,46-43-,55-52-. The van der Waals surface area contributed by atoms with E-state index in [4.69, 9.17) is 14.2 Å². The van der Waals surface area contributed by atoms with E-state index in [2.05, 4.69) is 124 Å². The molecule has 0 saturated heterocycles. The Bertz CT molecular complexity index is 1520. The first-order valence-electron chi connectivity index (χ1n) is 31.4. The van der Waals surface area contributed by atoms with E-state index in [-0.39, 0.29) is 37.5 Å². The van der Waals surface area contributed by atoms with Gasteiger partial charge >= 0.3 is 17.9 Å². The highest BCUT2D eigenvalue weighted by atomic mass is 16.6. The largest absolute Gasteiger partial charge is 0.462 e. The Morgan fingerprint density at radius 1 is 0.280 bits per heavy atom. The van der Waals surface area contributed by atoms with Gasteiger partial charge in [-0.05, 0) is 89.9 Å². The predicted octanol–water partition coefficient (Wildman–Crippen LogP) is 21.4. The number of hydrogen-bond acceptors (Lipinski definition) is 6. The minimum absolute atomic E-state index is 0.105. The lowest BCUT2D eigenvalue weighted by molar-refractivity contribution is -0.166. The molecule has 6 nitrogen and oxygen atoms in total. The zero-order chi connectivity index (χ0) is 54.3. The van der Waals surface area contributed by atoms with Crippen LogP contribution in [0.2, 0.25) is 0 Å². The molecule has 0 saturated carbocycles. The third-order valence-corrected chi connectivity index (χ3v) is 13.3. The van der Waals surface area contributed by atoms with Crippen LogP contribution in [0.3, 0.4) is 0 Å². The fraction of sp³-hybridized carbons (Fsp3) is 0.696. The summed E-state index contributed by atoms with van der Waals surface area (Å²) < 4.78 is 16.8. The van der Waals surface area contributed by atoms with Gasteiger partial charge in [-0.1, -0.05) is 291 Å². The molecular weight excluding hydrogens is 925 g/mol. The fourth-order valence-electron chi connectivity index (χ4n) is 8.66. The Morgan fingerprint density at radius 3 is 0.893 bits per heavy atom. The van der Waals surface area contributed by atoms with E-state index in [0.29, 0.717) is 19.3 Å². The molecule has 0 amide bonds. The van der Waals surface area contributed by atoms with Crippen LogP contribution in [-0.4, -0.2) is 37.2 Å². The van der Waals surface area contributed by atoms with E-state index < -0.39 is 6.10 Å². The van der Waals surface area contributed by atoms with E-state index in [1.165, 1.54) is 141 Å². The third kappa shape index (κ3) is 60.8. The Balaban J connectivity index is 4.39. The minimum atomic E-state index is -0.813. The predicted molar refractivity (Wildman–Crippen MR) is 325 cm³/mol. The van der Waals surface area contributed by atoms with Gasteiger partial charge in [0.2, 0.25) is 0 Å². The highest BCUT2D eigenvalue weighted by Crippen LogP contribution is 2.17. The second-order valence-corrected chi connectivity index (χ2v) is 20.6. The summed E-state index contributed by atoms with van der Waals surface area (Å²) in [4.78, 5) is 38.2. The molecule has 0 heterocycles. The van der Waals surface area contributed by atoms with Gasteiger partial charge in [-0.3, -0.25) is 14.4 Å². The molecule has 0 aliphatic heterocycles. The maximum Gasteiger partial charge on any atom is 0.306 e. The molecular formula is C69H116O6. The van der Waals surface area contributed by atoms with Gasteiger partial charge < -0.3 is 14.2 Å². The summed E-state index contributed by atoms with van der Waals surface area (Å²) in [6, 6.07) is 0. The maximum absolute atomic E-state index is 12.9. The van der Waals surface area contributed by atoms with Crippen molar-refractivity contribution in [1.29, 1.82) is 0 Å². The van der Waals surface area contributed by atoms with Crippen LogP contribution in [-0.2, 0) is 28.6 Å². The molecule has 0 aliphatic carbocycles. The minimum Gasteiger partial charge on any atom is -0.462 e. The van der Waals surface area contributed by atoms with Crippen molar-refractivity contribution >= 4 is 17.9 Å². The average Bonchev–Trinajstić information content (AvgIpc) is 3.41. The summed E-state index contributed by atoms with van der Waals surface area (Å²) in [5.74, 6) is -0.992. The maximum atomic E-state index is 12.9. The zero-order valence-corrected chi connectivity index (χ0v) is 49.0. The summed E-state index contributed by atoms with van der Waals surface area (Å²) in [5, 5.41) is 0. The molecule has 0 aromatic rings. The number of hydrogen-bond donors (Lipinski definition) is 0. The quantitative estimate of drug-likeness (QED) is 0.0261. The monoisotopic (exact) mass is 1040 g/mol. The van der Waals surface area contributed by atoms with Gasteiger partial charge in [0.15, 0.2) is 6.10 Å². The van der Waals surface area contributed by atoms with Crippen LogP contribution in [0.4, 0.5) is 0 Å². The first-order chi connectivity index (χ1) is 37.0. The van der Waals surface area contributed by atoms with Crippen LogP contribution in [0.1, 0.15) is 290 Å². The number of carbonyl (C=O) groups is 3. The third-order valence-electron chi connectivity index (χ3n) is 13.3. The smallest absolute Gasteiger partial charge is 0.306 e. The van der Waals surface area contributed by atoms with Crippen molar-refractivity contribution in [3.05, 3.63) is 109 Å². The van der Waals surface area contributed by atoms with Gasteiger partial charge in [-0.15, -0.1) is 0 Å². The van der Waals surface area contributed by atoms with Crippen molar-refractivity contribution in [3.63, 3.8) is 0 Å². The summed E-state index contributed by atoms with van der Waals surface area (Å²) in [6.45, 7) is 6.36. The average molecular weight is 1040 g/mol. The van der Waals surface area contributed by atoms with Gasteiger partial charge in [-0.25, -0.2) is 0 Å². The molecule has 0 aromatic carbocycles. The fourth-order valence-corrected chi connectivity index (χ4v) is 8.66. The summed E-state index contributed by atoms with van der Waals surface area (Å²) >= 11 is 0. The number of rotatable bonds is 56. The van der Waals surface area contributed by atoms with Crippen LogP contribution in [0.5, 0.6) is 0 Å². The molecule has 1 unspecified atom stereocenters. The molecule has 0 radical (unpaired) electrons. The van der Waals surface area contributed by atoms with Gasteiger partial charge in [0.05, 0.1) is 0 Å². The van der Waals surface area contributed by atoms with Crippen molar-refractivity contribution in [1.82, 2.24) is 0 Å². The van der Waals surface area contributed by atoms with Crippen molar-refractivity contribution < 1.29 is 28.6 Å². The highest BCUT2D eigenvalue weighted by Gasteiger charge is 2.19. The number of ether oxygens (including phenoxy) is 3. The van der Waals surface area contributed by atoms with Crippen LogP contribution in [0, 0.1) is 0 Å². The van der Waals surface area contributed by atoms with E-state index in [9.17, 15) is 14.4 Å². The first-order valence-corrected chi connectivity index (χ1v) is 31.4. The molecule has 1 atom stereocenters. The van der Waals surface area contributed by atoms with Crippen LogP contribution in [0.25, 0.3) is 0 Å². The van der Waals surface area contributed by atoms with Gasteiger partial charge in [0, 0.05) is 19.3 Å². The summed E-state index contributed by atoms with van der Waals surface area (Å²) in [5.41, 5.74) is 0. The molecule has 0 bridgehead atoms. The lowest BCUT2D eigenvalue weighted by Crippen LogP contribution is -2.30. The molecule has 428 valence electrons. The number of allylic oxidation sites excluding steroid dienone is 18. The Labute approximate surface area is 463 Å². The molecule has 6 heteroatoms. The van der Waals surface area contributed by atoms with E-state index in [0.717, 1.165) is 103 Å². The van der Waals surface area contributed by atoms with Gasteiger partial charge in [0.25, 0.3) is 0 Å². The summed E-state index contributed by atoms with van der Waals surface area (Å²) in [7, 11) is 0. The molecule has 0 aromatic heterocycles. The molecule has 75 heavy (non-hydrogen) atoms. The number of unbranched alkanes of at least 4 members (excludes halogenated alkanes) is 27. The highest BCUT2D eigenvalue weighted by molar-refractivity contribution is 5.71. The molecule has 0 fully saturated rings. The zero-order valence-electron chi connectivity index (χ0n) is 49.0. The number of carbonyl (C=O) groups excluding carboxylic acids is 3. The van der Waals surface area contributed by atoms with Crippen molar-refractivity contribution in [2.75, 3.05) is 13.2 Å². The molecule has 0 N–H and O–H groups in total. The normalized spacial score (nSPS) is 12.8. The van der Waals surface area contributed by atoms with Crippen LogP contribution >= 0.6 is 0 Å². The Hall–Kier alpha value is -3.93. The van der Waals surface area contributed by atoms with E-state index in [1.54, 1.807) is 0 Å². The lowest BCUT2D eigenvalue weighted by atomic mass is 10.0. The second-order valence-electron chi connectivity index (χ2n) is 20.6. The summed E-state index contributed by atoms with van der Waals surface area (Å²) in [6.07, 6.45) is 85.4. The Morgan fingerprint density at radius 2 is 0.547 bits per heavy atom. The van der Waals surface area contributed by atoms with Crippen molar-refractivity contribution in [3.8, 4) is 0 Å². The Kier molecular flexibility index (Phi) is 59.3. The van der Waals surface area contributed by atoms with E-state index in [1.807, 2.05) is 6.08 Å². The van der Waals surface area contributed by atoms with Gasteiger partial charge in [-0.2, -0.15) is 0 Å². The van der Waals surface area contributed by atoms with Crippen LogP contribution < -0.4 is 0 Å². The molecule has 0 rings (SSSR count). The topological polar surface area (TPSA) is 78.9 Å².